The van der Waals surface area contributed by atoms with Gasteiger partial charge < -0.3 is 4.90 Å². The fourth-order valence-electron chi connectivity index (χ4n) is 3.19. The van der Waals surface area contributed by atoms with E-state index in [0.717, 1.165) is 11.3 Å². The largest absolute Gasteiger partial charge is 0.369 e. The van der Waals surface area contributed by atoms with Crippen molar-refractivity contribution in [1.82, 2.24) is 4.31 Å². The number of hydrogen-bond donors (Lipinski definition) is 0. The van der Waals surface area contributed by atoms with E-state index >= 15 is 0 Å². The van der Waals surface area contributed by atoms with Gasteiger partial charge in [-0.2, -0.15) is 4.31 Å². The fourth-order valence-corrected chi connectivity index (χ4v) is 4.77. The highest BCUT2D eigenvalue weighted by molar-refractivity contribution is 7.89. The van der Waals surface area contributed by atoms with Crippen LogP contribution in [-0.4, -0.2) is 38.9 Å². The van der Waals surface area contributed by atoms with E-state index in [9.17, 15) is 12.8 Å². The molecule has 0 radical (unpaired) electrons. The Hall–Kier alpha value is -1.92. The zero-order valence-electron chi connectivity index (χ0n) is 14.8. The molecule has 0 aromatic heterocycles. The summed E-state index contributed by atoms with van der Waals surface area (Å²) in [5.41, 5.74) is 4.30. The summed E-state index contributed by atoms with van der Waals surface area (Å²) >= 11 is 0. The molecule has 0 spiro atoms. The molecule has 4 nitrogen and oxygen atoms in total. The van der Waals surface area contributed by atoms with Gasteiger partial charge in [-0.15, -0.1) is 0 Å². The van der Waals surface area contributed by atoms with Crippen LogP contribution in [0.2, 0.25) is 0 Å². The zero-order valence-corrected chi connectivity index (χ0v) is 15.6. The smallest absolute Gasteiger partial charge is 0.246 e. The van der Waals surface area contributed by atoms with Crippen molar-refractivity contribution in [2.24, 2.45) is 0 Å². The van der Waals surface area contributed by atoms with E-state index < -0.39 is 15.8 Å². The van der Waals surface area contributed by atoms with Gasteiger partial charge in [-0.3, -0.25) is 0 Å². The summed E-state index contributed by atoms with van der Waals surface area (Å²) < 4.78 is 41.0. The Bertz CT molecular complexity index is 888. The maximum atomic E-state index is 14.0. The van der Waals surface area contributed by atoms with E-state index in [1.165, 1.54) is 27.6 Å². The molecule has 0 aliphatic carbocycles. The molecule has 1 aliphatic rings. The Morgan fingerprint density at radius 1 is 0.960 bits per heavy atom. The van der Waals surface area contributed by atoms with E-state index in [1.54, 1.807) is 13.0 Å². The predicted octanol–water partition coefficient (Wildman–Crippen LogP) is 3.26. The number of sulfonamides is 1. The summed E-state index contributed by atoms with van der Waals surface area (Å²) in [6.07, 6.45) is 0. The lowest BCUT2D eigenvalue weighted by Crippen LogP contribution is -2.49. The van der Waals surface area contributed by atoms with E-state index in [0.29, 0.717) is 26.2 Å². The third-order valence-corrected chi connectivity index (χ3v) is 6.77. The monoisotopic (exact) mass is 362 g/mol. The number of rotatable bonds is 3. The fraction of sp³-hybridized carbons (Fsp3) is 0.368. The molecule has 1 fully saturated rings. The first-order valence-corrected chi connectivity index (χ1v) is 9.82. The minimum Gasteiger partial charge on any atom is -0.369 e. The van der Waals surface area contributed by atoms with Crippen LogP contribution in [-0.2, 0) is 10.0 Å². The molecular formula is C19H23FN2O2S. The van der Waals surface area contributed by atoms with E-state index in [1.807, 2.05) is 6.07 Å². The van der Waals surface area contributed by atoms with Crippen molar-refractivity contribution in [1.29, 1.82) is 0 Å². The summed E-state index contributed by atoms with van der Waals surface area (Å²) in [5, 5.41) is 0. The number of hydrogen-bond acceptors (Lipinski definition) is 3. The molecule has 0 bridgehead atoms. The summed E-state index contributed by atoms with van der Waals surface area (Å²) in [7, 11) is -3.81. The van der Waals surface area contributed by atoms with Crippen molar-refractivity contribution in [3.63, 3.8) is 0 Å². The molecule has 0 N–H and O–H groups in total. The molecule has 0 amide bonds. The van der Waals surface area contributed by atoms with Gasteiger partial charge in [-0.25, -0.2) is 12.8 Å². The van der Waals surface area contributed by atoms with Crippen LogP contribution in [0.3, 0.4) is 0 Å². The lowest BCUT2D eigenvalue weighted by atomic mass is 10.1. The van der Waals surface area contributed by atoms with Crippen LogP contribution in [0, 0.1) is 26.6 Å². The van der Waals surface area contributed by atoms with Crippen molar-refractivity contribution in [2.45, 2.75) is 25.7 Å². The van der Waals surface area contributed by atoms with Crippen molar-refractivity contribution in [2.75, 3.05) is 31.1 Å². The first-order chi connectivity index (χ1) is 11.8. The van der Waals surface area contributed by atoms with E-state index in [2.05, 4.69) is 30.9 Å². The number of piperazine rings is 1. The molecule has 0 unspecified atom stereocenters. The van der Waals surface area contributed by atoms with Gasteiger partial charge in [0.25, 0.3) is 0 Å². The van der Waals surface area contributed by atoms with Crippen molar-refractivity contribution >= 4 is 15.7 Å². The second-order valence-electron chi connectivity index (χ2n) is 6.54. The van der Waals surface area contributed by atoms with Crippen LogP contribution < -0.4 is 4.90 Å². The third kappa shape index (κ3) is 3.41. The van der Waals surface area contributed by atoms with Crippen molar-refractivity contribution in [3.05, 3.63) is 58.9 Å². The Morgan fingerprint density at radius 2 is 1.64 bits per heavy atom. The summed E-state index contributed by atoms with van der Waals surface area (Å²) in [5.74, 6) is -0.692. The molecule has 0 atom stereocenters. The maximum absolute atomic E-state index is 14.0. The first-order valence-electron chi connectivity index (χ1n) is 8.38. The van der Waals surface area contributed by atoms with E-state index in [4.69, 9.17) is 0 Å². The molecule has 6 heteroatoms. The van der Waals surface area contributed by atoms with Crippen molar-refractivity contribution in [3.8, 4) is 0 Å². The second-order valence-corrected chi connectivity index (χ2v) is 8.45. The highest BCUT2D eigenvalue weighted by Gasteiger charge is 2.31. The lowest BCUT2D eigenvalue weighted by Gasteiger charge is -2.36. The number of anilines is 1. The molecule has 1 saturated heterocycles. The van der Waals surface area contributed by atoms with Gasteiger partial charge in [0, 0.05) is 31.9 Å². The van der Waals surface area contributed by atoms with Crippen LogP contribution in [0.4, 0.5) is 10.1 Å². The minimum atomic E-state index is -3.81. The van der Waals surface area contributed by atoms with Crippen LogP contribution in [0.25, 0.3) is 0 Å². The highest BCUT2D eigenvalue weighted by Crippen LogP contribution is 2.26. The summed E-state index contributed by atoms with van der Waals surface area (Å²) in [4.78, 5) is 1.97. The molecule has 0 saturated carbocycles. The predicted molar refractivity (Wildman–Crippen MR) is 98.0 cm³/mol. The number of nitrogens with zero attached hydrogens (tertiary/aromatic N) is 2. The second kappa shape index (κ2) is 6.77. The van der Waals surface area contributed by atoms with Crippen LogP contribution >= 0.6 is 0 Å². The molecule has 2 aromatic carbocycles. The Balaban J connectivity index is 1.80. The highest BCUT2D eigenvalue weighted by atomic mass is 32.2. The molecule has 3 rings (SSSR count). The number of benzene rings is 2. The van der Waals surface area contributed by atoms with Gasteiger partial charge in [0.2, 0.25) is 10.0 Å². The van der Waals surface area contributed by atoms with Crippen LogP contribution in [0.1, 0.15) is 16.7 Å². The molecule has 1 aliphatic heterocycles. The average molecular weight is 362 g/mol. The van der Waals surface area contributed by atoms with Crippen LogP contribution in [0.15, 0.2) is 41.3 Å². The maximum Gasteiger partial charge on any atom is 0.246 e. The van der Waals surface area contributed by atoms with Gasteiger partial charge in [0.1, 0.15) is 10.7 Å². The number of aryl methyl sites for hydroxylation is 2. The van der Waals surface area contributed by atoms with Crippen LogP contribution in [0.5, 0.6) is 0 Å². The summed E-state index contributed by atoms with van der Waals surface area (Å²) in [6, 6.07) is 10.3. The zero-order chi connectivity index (χ0) is 18.2. The average Bonchev–Trinajstić information content (AvgIpc) is 2.59. The minimum absolute atomic E-state index is 0.229. The van der Waals surface area contributed by atoms with Crippen molar-refractivity contribution < 1.29 is 12.8 Å². The number of halogens is 1. The normalized spacial score (nSPS) is 16.2. The Labute approximate surface area is 148 Å². The van der Waals surface area contributed by atoms with Gasteiger partial charge in [-0.1, -0.05) is 18.2 Å². The SMILES string of the molecule is Cc1ccc(F)c(S(=O)(=O)N2CCN(c3cccc(C)c3C)CC2)c1. The standard InChI is InChI=1S/C19H23FN2O2S/c1-14-7-8-17(20)19(13-14)25(23,24)22-11-9-21(10-12-22)18-6-4-5-15(2)16(18)3/h4-8,13H,9-12H2,1-3H3. The molecule has 25 heavy (non-hydrogen) atoms. The molecule has 2 aromatic rings. The Morgan fingerprint density at radius 3 is 2.32 bits per heavy atom. The van der Waals surface area contributed by atoms with Gasteiger partial charge in [0.05, 0.1) is 0 Å². The molecule has 134 valence electrons. The quantitative estimate of drug-likeness (QED) is 0.841. The van der Waals surface area contributed by atoms with Gasteiger partial charge in [-0.05, 0) is 55.7 Å². The van der Waals surface area contributed by atoms with E-state index in [-0.39, 0.29) is 4.90 Å². The molecular weight excluding hydrogens is 339 g/mol. The van der Waals surface area contributed by atoms with Gasteiger partial charge in [0.15, 0.2) is 0 Å². The third-order valence-electron chi connectivity index (χ3n) is 4.86. The molecule has 1 heterocycles. The first kappa shape index (κ1) is 17.9. The lowest BCUT2D eigenvalue weighted by molar-refractivity contribution is 0.382. The Kier molecular flexibility index (Phi) is 4.84. The summed E-state index contributed by atoms with van der Waals surface area (Å²) in [6.45, 7) is 7.80. The van der Waals surface area contributed by atoms with Gasteiger partial charge >= 0.3 is 0 Å². The topological polar surface area (TPSA) is 40.6 Å².